The summed E-state index contributed by atoms with van der Waals surface area (Å²) in [5, 5.41) is 1.77. The molecule has 10 heavy (non-hydrogen) atoms. The van der Waals surface area contributed by atoms with Crippen molar-refractivity contribution in [1.29, 1.82) is 0 Å². The summed E-state index contributed by atoms with van der Waals surface area (Å²) in [6, 6.07) is 0.690. The van der Waals surface area contributed by atoms with Crippen molar-refractivity contribution < 1.29 is 0 Å². The topological polar surface area (TPSA) is 32.5 Å². The summed E-state index contributed by atoms with van der Waals surface area (Å²) in [6.45, 7) is 2.23. The van der Waals surface area contributed by atoms with Crippen molar-refractivity contribution in [3.63, 3.8) is 0 Å². The average Bonchev–Trinajstić information content (AvgIpc) is 2.15. The predicted molar refractivity (Wildman–Crippen MR) is 42.5 cm³/mol. The van der Waals surface area contributed by atoms with Crippen molar-refractivity contribution in [2.75, 3.05) is 27.2 Å². The lowest BCUT2D eigenvalue weighted by Crippen LogP contribution is -2.39. The Bertz CT molecular complexity index is 103. The third-order valence-corrected chi connectivity index (χ3v) is 2.17. The van der Waals surface area contributed by atoms with Gasteiger partial charge in [-0.3, -0.25) is 5.84 Å². The molecule has 1 fully saturated rings. The Morgan fingerprint density at radius 2 is 2.40 bits per heavy atom. The van der Waals surface area contributed by atoms with E-state index < -0.39 is 0 Å². The molecule has 0 bridgehead atoms. The molecule has 0 aromatic heterocycles. The largest absolute Gasteiger partial charge is 0.302 e. The Morgan fingerprint density at radius 1 is 1.70 bits per heavy atom. The van der Waals surface area contributed by atoms with E-state index >= 15 is 0 Å². The maximum atomic E-state index is 5.54. The molecule has 1 aliphatic heterocycles. The lowest BCUT2D eigenvalue weighted by molar-refractivity contribution is 0.223. The van der Waals surface area contributed by atoms with E-state index in [2.05, 4.69) is 11.9 Å². The van der Waals surface area contributed by atoms with Gasteiger partial charge in [0.25, 0.3) is 0 Å². The minimum Gasteiger partial charge on any atom is -0.302 e. The first kappa shape index (κ1) is 7.98. The average molecular weight is 143 g/mol. The lowest BCUT2D eigenvalue weighted by Gasteiger charge is -2.22. The van der Waals surface area contributed by atoms with Crippen LogP contribution >= 0.6 is 0 Å². The van der Waals surface area contributed by atoms with Crippen LogP contribution in [0.4, 0.5) is 0 Å². The van der Waals surface area contributed by atoms with Crippen molar-refractivity contribution in [1.82, 2.24) is 9.91 Å². The highest BCUT2D eigenvalue weighted by Crippen LogP contribution is 2.14. The summed E-state index contributed by atoms with van der Waals surface area (Å²) in [5.41, 5.74) is 0. The molecule has 1 saturated heterocycles. The molecule has 0 spiro atoms. The SMILES string of the molecule is CN(N)CC1CCCN1C. The molecule has 1 heterocycles. The minimum absolute atomic E-state index is 0.690. The van der Waals surface area contributed by atoms with Gasteiger partial charge in [-0.25, -0.2) is 5.01 Å². The number of hydrogen-bond donors (Lipinski definition) is 1. The van der Waals surface area contributed by atoms with Crippen LogP contribution in [0, 0.1) is 0 Å². The van der Waals surface area contributed by atoms with Gasteiger partial charge in [-0.05, 0) is 26.4 Å². The number of likely N-dealkylation sites (tertiary alicyclic amines) is 1. The van der Waals surface area contributed by atoms with Crippen LogP contribution in [0.5, 0.6) is 0 Å². The Morgan fingerprint density at radius 3 is 2.80 bits per heavy atom. The molecule has 0 aromatic rings. The van der Waals surface area contributed by atoms with Crippen molar-refractivity contribution >= 4 is 0 Å². The highest BCUT2D eigenvalue weighted by molar-refractivity contribution is 4.77. The van der Waals surface area contributed by atoms with E-state index in [1.165, 1.54) is 19.4 Å². The highest BCUT2D eigenvalue weighted by atomic mass is 15.4. The van der Waals surface area contributed by atoms with E-state index in [-0.39, 0.29) is 0 Å². The second-order valence-electron chi connectivity index (χ2n) is 3.22. The molecule has 3 heteroatoms. The fraction of sp³-hybridized carbons (Fsp3) is 1.00. The van der Waals surface area contributed by atoms with Gasteiger partial charge >= 0.3 is 0 Å². The molecule has 0 amide bonds. The number of hydrogen-bond acceptors (Lipinski definition) is 3. The molecule has 0 aliphatic carbocycles. The molecule has 0 saturated carbocycles. The molecular weight excluding hydrogens is 126 g/mol. The molecule has 1 aliphatic rings. The predicted octanol–water partition coefficient (Wildman–Crippen LogP) is -0.114. The van der Waals surface area contributed by atoms with Gasteiger partial charge in [-0.2, -0.15) is 0 Å². The summed E-state index contributed by atoms with van der Waals surface area (Å²) in [7, 11) is 4.09. The summed E-state index contributed by atoms with van der Waals surface area (Å²) in [6.07, 6.45) is 2.63. The van der Waals surface area contributed by atoms with E-state index in [0.717, 1.165) is 6.54 Å². The van der Waals surface area contributed by atoms with Crippen molar-refractivity contribution in [2.45, 2.75) is 18.9 Å². The summed E-state index contributed by atoms with van der Waals surface area (Å²) >= 11 is 0. The molecule has 1 unspecified atom stereocenters. The van der Waals surface area contributed by atoms with Crippen LogP contribution in [-0.2, 0) is 0 Å². The minimum atomic E-state index is 0.690. The Hall–Kier alpha value is -0.120. The molecular formula is C7H17N3. The monoisotopic (exact) mass is 143 g/mol. The first-order valence-corrected chi connectivity index (χ1v) is 3.86. The number of likely N-dealkylation sites (N-methyl/N-ethyl adjacent to an activating group) is 2. The zero-order valence-corrected chi connectivity index (χ0v) is 6.88. The Balaban J connectivity index is 2.26. The Kier molecular flexibility index (Phi) is 2.65. The van der Waals surface area contributed by atoms with E-state index in [9.17, 15) is 0 Å². The van der Waals surface area contributed by atoms with Gasteiger partial charge in [-0.15, -0.1) is 0 Å². The van der Waals surface area contributed by atoms with Crippen LogP contribution in [0.1, 0.15) is 12.8 Å². The summed E-state index contributed by atoms with van der Waals surface area (Å²) < 4.78 is 0. The van der Waals surface area contributed by atoms with Gasteiger partial charge in [0.2, 0.25) is 0 Å². The molecule has 60 valence electrons. The standard InChI is InChI=1S/C7H17N3/c1-9-5-3-4-7(9)6-10(2)8/h7H,3-6,8H2,1-2H3. The Labute approximate surface area is 62.8 Å². The molecule has 0 radical (unpaired) electrons. The second kappa shape index (κ2) is 3.32. The van der Waals surface area contributed by atoms with Gasteiger partial charge in [0.15, 0.2) is 0 Å². The normalized spacial score (nSPS) is 28.2. The van der Waals surface area contributed by atoms with Crippen molar-refractivity contribution in [3.8, 4) is 0 Å². The van der Waals surface area contributed by atoms with Crippen LogP contribution < -0.4 is 5.84 Å². The first-order chi connectivity index (χ1) is 4.70. The van der Waals surface area contributed by atoms with E-state index in [0.29, 0.717) is 6.04 Å². The van der Waals surface area contributed by atoms with Gasteiger partial charge < -0.3 is 4.90 Å². The number of hydrazine groups is 1. The molecule has 3 nitrogen and oxygen atoms in total. The van der Waals surface area contributed by atoms with Crippen LogP contribution in [0.3, 0.4) is 0 Å². The zero-order chi connectivity index (χ0) is 7.56. The molecule has 2 N–H and O–H groups in total. The van der Waals surface area contributed by atoms with Gasteiger partial charge in [-0.1, -0.05) is 0 Å². The fourth-order valence-corrected chi connectivity index (χ4v) is 1.54. The van der Waals surface area contributed by atoms with Gasteiger partial charge in [0.05, 0.1) is 0 Å². The molecule has 1 atom stereocenters. The van der Waals surface area contributed by atoms with Gasteiger partial charge in [0.1, 0.15) is 0 Å². The van der Waals surface area contributed by atoms with E-state index in [4.69, 9.17) is 5.84 Å². The van der Waals surface area contributed by atoms with Crippen LogP contribution in [0.2, 0.25) is 0 Å². The van der Waals surface area contributed by atoms with Gasteiger partial charge in [0, 0.05) is 19.6 Å². The van der Waals surface area contributed by atoms with Crippen molar-refractivity contribution in [3.05, 3.63) is 0 Å². The van der Waals surface area contributed by atoms with E-state index in [1.54, 1.807) is 5.01 Å². The highest BCUT2D eigenvalue weighted by Gasteiger charge is 2.20. The third kappa shape index (κ3) is 1.94. The second-order valence-corrected chi connectivity index (χ2v) is 3.22. The smallest absolute Gasteiger partial charge is 0.0281 e. The zero-order valence-electron chi connectivity index (χ0n) is 6.88. The van der Waals surface area contributed by atoms with Crippen LogP contribution in [0.15, 0.2) is 0 Å². The lowest BCUT2D eigenvalue weighted by atomic mass is 10.2. The quantitative estimate of drug-likeness (QED) is 0.432. The third-order valence-electron chi connectivity index (χ3n) is 2.17. The van der Waals surface area contributed by atoms with Crippen molar-refractivity contribution in [2.24, 2.45) is 5.84 Å². The summed E-state index contributed by atoms with van der Waals surface area (Å²) in [4.78, 5) is 2.38. The first-order valence-electron chi connectivity index (χ1n) is 3.86. The van der Waals surface area contributed by atoms with E-state index in [1.807, 2.05) is 7.05 Å². The summed E-state index contributed by atoms with van der Waals surface area (Å²) in [5.74, 6) is 5.54. The maximum absolute atomic E-state index is 5.54. The number of rotatable bonds is 2. The molecule has 0 aromatic carbocycles. The fourth-order valence-electron chi connectivity index (χ4n) is 1.54. The number of nitrogens with two attached hydrogens (primary N) is 1. The molecule has 1 rings (SSSR count). The number of nitrogens with zero attached hydrogens (tertiary/aromatic N) is 2. The maximum Gasteiger partial charge on any atom is 0.0281 e. The van der Waals surface area contributed by atoms with Crippen LogP contribution in [-0.4, -0.2) is 43.1 Å². The van der Waals surface area contributed by atoms with Crippen LogP contribution in [0.25, 0.3) is 0 Å².